The molecule has 0 fully saturated rings. The molecule has 0 aliphatic rings. The molecule has 0 saturated carbocycles. The molecule has 0 aliphatic carbocycles. The molecule has 1 atom stereocenters. The summed E-state index contributed by atoms with van der Waals surface area (Å²) in [7, 11) is 0. The van der Waals surface area contributed by atoms with E-state index in [2.05, 4.69) is 6.92 Å². The van der Waals surface area contributed by atoms with Crippen molar-refractivity contribution < 1.29 is 59.4 Å². The topological polar surface area (TPSA) is 40.1 Å². The van der Waals surface area contributed by atoms with E-state index in [-0.39, 0.29) is 51.4 Å². The molecule has 2 nitrogen and oxygen atoms in total. The summed E-state index contributed by atoms with van der Waals surface area (Å²) in [6.45, 7) is 2.24. The second-order valence-electron chi connectivity index (χ2n) is 4.19. The summed E-state index contributed by atoms with van der Waals surface area (Å²) in [5.41, 5.74) is 0. The number of rotatable bonds is 11. The van der Waals surface area contributed by atoms with Crippen molar-refractivity contribution in [2.45, 2.75) is 76.5 Å². The molecule has 0 N–H and O–H groups in total. The van der Waals surface area contributed by atoms with Crippen molar-refractivity contribution in [2.75, 3.05) is 0 Å². The molecule has 0 aromatic rings. The van der Waals surface area contributed by atoms with E-state index in [4.69, 9.17) is 0 Å². The number of hydrogen-bond acceptors (Lipinski definition) is 2. The molecule has 92 valence electrons. The van der Waals surface area contributed by atoms with Crippen LogP contribution in [0.3, 0.4) is 0 Å². The normalized spacial score (nSPS) is 12.1. The van der Waals surface area contributed by atoms with Gasteiger partial charge in [0.2, 0.25) is 0 Å². The largest absolute Gasteiger partial charge is 1.00 e. The van der Waals surface area contributed by atoms with Gasteiger partial charge in [-0.25, -0.2) is 0 Å². The fourth-order valence-electron chi connectivity index (χ4n) is 1.71. The summed E-state index contributed by atoms with van der Waals surface area (Å²) < 4.78 is 20.7. The maximum Gasteiger partial charge on any atom is 1.00 e. The van der Waals surface area contributed by atoms with Crippen LogP contribution in [0.15, 0.2) is 0 Å². The molecule has 0 bridgehead atoms. The second kappa shape index (κ2) is 16.9. The van der Waals surface area contributed by atoms with Gasteiger partial charge >= 0.3 is 150 Å². The van der Waals surface area contributed by atoms with Gasteiger partial charge in [0.25, 0.3) is 0 Å². The van der Waals surface area contributed by atoms with Crippen molar-refractivity contribution >= 4 is 14.2 Å². The third-order valence-corrected chi connectivity index (χ3v) is 3.97. The van der Waals surface area contributed by atoms with Crippen LogP contribution in [0, 0.1) is 0 Å². The van der Waals surface area contributed by atoms with Gasteiger partial charge in [-0.1, -0.05) is 0 Å². The molecular weight excluding hydrogens is 294 g/mol. The van der Waals surface area contributed by atoms with Crippen molar-refractivity contribution in [3.63, 3.8) is 0 Å². The first-order valence-corrected chi connectivity index (χ1v) is 8.94. The standard InChI is InChI=1S/C12H26O2Se.K/c1-2-3-4-5-6-7-8-9-10-11-12-15(13)14;/h2-12H2,1H3,(H,13,14);/q;+1/p-1. The van der Waals surface area contributed by atoms with Gasteiger partial charge in [-0.3, -0.25) is 0 Å². The van der Waals surface area contributed by atoms with E-state index in [9.17, 15) is 8.02 Å². The molecule has 0 aliphatic heterocycles. The van der Waals surface area contributed by atoms with E-state index < -0.39 is 14.2 Å². The van der Waals surface area contributed by atoms with Gasteiger partial charge in [-0.2, -0.15) is 0 Å². The van der Waals surface area contributed by atoms with E-state index >= 15 is 0 Å². The van der Waals surface area contributed by atoms with Crippen molar-refractivity contribution in [1.29, 1.82) is 0 Å². The van der Waals surface area contributed by atoms with E-state index in [0.717, 1.165) is 12.8 Å². The average Bonchev–Trinajstić information content (AvgIpc) is 2.20. The predicted octanol–water partition coefficient (Wildman–Crippen LogP) is 0.190. The first-order chi connectivity index (χ1) is 7.27. The Morgan fingerprint density at radius 3 is 1.56 bits per heavy atom. The maximum atomic E-state index is 10.3. The Hall–Kier alpha value is 1.92. The minimum atomic E-state index is -2.63. The van der Waals surface area contributed by atoms with E-state index in [1.54, 1.807) is 0 Å². The summed E-state index contributed by atoms with van der Waals surface area (Å²) in [5.74, 6) is 0. The molecule has 0 rings (SSSR count). The van der Waals surface area contributed by atoms with Crippen molar-refractivity contribution in [2.24, 2.45) is 0 Å². The maximum absolute atomic E-state index is 10.3. The zero-order valence-electron chi connectivity index (χ0n) is 11.0. The fourth-order valence-corrected chi connectivity index (χ4v) is 2.63. The second-order valence-corrected chi connectivity index (χ2v) is 6.32. The molecule has 0 saturated heterocycles. The zero-order valence-corrected chi connectivity index (χ0v) is 15.8. The quantitative estimate of drug-likeness (QED) is 0.403. The van der Waals surface area contributed by atoms with Crippen LogP contribution >= 0.6 is 0 Å². The Kier molecular flexibility index (Phi) is 21.4. The van der Waals surface area contributed by atoms with Crippen molar-refractivity contribution in [3.05, 3.63) is 0 Å². The molecule has 4 heteroatoms. The third kappa shape index (κ3) is 18.3. The molecule has 0 heterocycles. The van der Waals surface area contributed by atoms with Crippen LogP contribution in [-0.2, 0) is 3.83 Å². The molecule has 0 radical (unpaired) electrons. The van der Waals surface area contributed by atoms with Gasteiger partial charge in [-0.05, 0) is 0 Å². The Morgan fingerprint density at radius 2 is 1.19 bits per heavy atom. The summed E-state index contributed by atoms with van der Waals surface area (Å²) in [6.07, 6.45) is 12.6. The average molecular weight is 319 g/mol. The van der Waals surface area contributed by atoms with Gasteiger partial charge in [-0.15, -0.1) is 0 Å². The van der Waals surface area contributed by atoms with Gasteiger partial charge in [0.1, 0.15) is 0 Å². The summed E-state index contributed by atoms with van der Waals surface area (Å²) in [6, 6.07) is 0. The monoisotopic (exact) mass is 320 g/mol. The van der Waals surface area contributed by atoms with Crippen LogP contribution in [0.25, 0.3) is 0 Å². The molecule has 0 aromatic heterocycles. The smallest absolute Gasteiger partial charge is 1.00 e. The van der Waals surface area contributed by atoms with Gasteiger partial charge in [0.15, 0.2) is 0 Å². The van der Waals surface area contributed by atoms with Crippen LogP contribution in [-0.4, -0.2) is 14.2 Å². The molecule has 0 amide bonds. The number of unbranched alkanes of at least 4 members (excludes halogenated alkanes) is 9. The van der Waals surface area contributed by atoms with E-state index in [1.165, 1.54) is 51.4 Å². The molecule has 0 spiro atoms. The van der Waals surface area contributed by atoms with Crippen LogP contribution < -0.4 is 55.6 Å². The third-order valence-electron chi connectivity index (χ3n) is 2.66. The van der Waals surface area contributed by atoms with Crippen LogP contribution in [0.1, 0.15) is 71.1 Å². The van der Waals surface area contributed by atoms with Crippen LogP contribution in [0.4, 0.5) is 0 Å². The first kappa shape index (κ1) is 20.2. The Labute approximate surface area is 148 Å². The minimum Gasteiger partial charge on any atom is 1.00 e. The van der Waals surface area contributed by atoms with Gasteiger partial charge < -0.3 is 0 Å². The zero-order chi connectivity index (χ0) is 11.4. The molecular formula is C12H25KO2Se. The van der Waals surface area contributed by atoms with Crippen molar-refractivity contribution in [1.82, 2.24) is 0 Å². The van der Waals surface area contributed by atoms with Crippen molar-refractivity contribution in [3.8, 4) is 0 Å². The summed E-state index contributed by atoms with van der Waals surface area (Å²) >= 11 is -2.63. The molecule has 1 unspecified atom stereocenters. The molecule has 16 heavy (non-hydrogen) atoms. The summed E-state index contributed by atoms with van der Waals surface area (Å²) in [5, 5.41) is 0.441. The van der Waals surface area contributed by atoms with Gasteiger partial charge in [0.05, 0.1) is 0 Å². The fraction of sp³-hybridized carbons (Fsp3) is 1.00. The van der Waals surface area contributed by atoms with Crippen LogP contribution in [0.2, 0.25) is 5.32 Å². The number of hydrogen-bond donors (Lipinski definition) is 0. The molecule has 0 aromatic carbocycles. The minimum absolute atomic E-state index is 0. The van der Waals surface area contributed by atoms with Crippen LogP contribution in [0.5, 0.6) is 0 Å². The van der Waals surface area contributed by atoms with E-state index in [0.29, 0.717) is 5.32 Å². The first-order valence-electron chi connectivity index (χ1n) is 6.33. The Morgan fingerprint density at radius 1 is 0.812 bits per heavy atom. The van der Waals surface area contributed by atoms with Gasteiger partial charge in [0, 0.05) is 0 Å². The SMILES string of the molecule is CCCCCCCCCCCC[Se](=O)[O-].[K+]. The van der Waals surface area contributed by atoms with E-state index in [1.807, 2.05) is 0 Å². The Bertz CT molecular complexity index is 154. The predicted molar refractivity (Wildman–Crippen MR) is 63.1 cm³/mol. The summed E-state index contributed by atoms with van der Waals surface area (Å²) in [4.78, 5) is 0. The Balaban J connectivity index is 0.